The fourth-order valence-corrected chi connectivity index (χ4v) is 7.49. The molecule has 5 rings (SSSR count). The zero-order chi connectivity index (χ0) is 35.7. The van der Waals surface area contributed by atoms with Gasteiger partial charge in [0.25, 0.3) is 0 Å². The van der Waals surface area contributed by atoms with Crippen molar-refractivity contribution in [3.63, 3.8) is 0 Å². The molecule has 0 aliphatic carbocycles. The topological polar surface area (TPSA) is 91.8 Å². The Balaban J connectivity index is 1.14. The Labute approximate surface area is 305 Å². The average molecular weight is 700 g/mol. The summed E-state index contributed by atoms with van der Waals surface area (Å²) in [7, 11) is 1.38. The highest BCUT2D eigenvalue weighted by molar-refractivity contribution is 8.00. The zero-order valence-corrected chi connectivity index (χ0v) is 29.8. The fourth-order valence-electron chi connectivity index (χ4n) is 6.02. The third-order valence-corrected chi connectivity index (χ3v) is 10.0. The molecule has 1 amide bonds. The molecule has 2 N–H and O–H groups in total. The Morgan fingerprint density at radius 1 is 0.784 bits per heavy atom. The third kappa shape index (κ3) is 11.0. The number of aromatic nitrogens is 1. The normalized spacial score (nSPS) is 12.1. The van der Waals surface area contributed by atoms with Crippen LogP contribution in [0.2, 0.25) is 0 Å². The summed E-state index contributed by atoms with van der Waals surface area (Å²) in [5, 5.41) is 13.5. The number of nitrogens with one attached hydrogen (secondary N) is 1. The van der Waals surface area contributed by atoms with Crippen LogP contribution in [-0.2, 0) is 38.7 Å². The maximum Gasteiger partial charge on any atom is 0.319 e. The van der Waals surface area contributed by atoms with Gasteiger partial charge in [-0.3, -0.25) is 19.5 Å². The molecule has 0 bridgehead atoms. The summed E-state index contributed by atoms with van der Waals surface area (Å²) in [5.74, 6) is 0.222. The lowest BCUT2D eigenvalue weighted by molar-refractivity contribution is -0.142. The van der Waals surface area contributed by atoms with Gasteiger partial charge in [0.15, 0.2) is 0 Å². The van der Waals surface area contributed by atoms with E-state index in [0.29, 0.717) is 18.8 Å². The Kier molecular flexibility index (Phi) is 14.2. The van der Waals surface area contributed by atoms with Crippen molar-refractivity contribution in [3.05, 3.63) is 185 Å². The summed E-state index contributed by atoms with van der Waals surface area (Å²) >= 11 is 1.86. The first-order valence-electron chi connectivity index (χ1n) is 17.2. The number of aliphatic hydroxyl groups is 1. The van der Waals surface area contributed by atoms with Crippen molar-refractivity contribution in [3.8, 4) is 0 Å². The summed E-state index contributed by atoms with van der Waals surface area (Å²) in [6, 6.07) is 47.3. The molecule has 5 aromatic rings. The molecule has 1 atom stereocenters. The van der Waals surface area contributed by atoms with Gasteiger partial charge in [-0.1, -0.05) is 140 Å². The minimum absolute atomic E-state index is 0.0463. The predicted octanol–water partition coefficient (Wildman–Crippen LogP) is 7.30. The van der Waals surface area contributed by atoms with Gasteiger partial charge < -0.3 is 15.2 Å². The van der Waals surface area contributed by atoms with Crippen LogP contribution in [0.1, 0.15) is 46.5 Å². The molecular weight excluding hydrogens is 655 g/mol. The van der Waals surface area contributed by atoms with Gasteiger partial charge >= 0.3 is 5.97 Å². The van der Waals surface area contributed by atoms with Crippen molar-refractivity contribution in [1.29, 1.82) is 0 Å². The first-order chi connectivity index (χ1) is 25.0. The van der Waals surface area contributed by atoms with Crippen LogP contribution >= 0.6 is 11.8 Å². The van der Waals surface area contributed by atoms with E-state index < -0.39 is 10.9 Å². The number of thioether (sulfide) groups is 1. The van der Waals surface area contributed by atoms with E-state index in [4.69, 9.17) is 9.72 Å². The molecule has 0 fully saturated rings. The van der Waals surface area contributed by atoms with Crippen LogP contribution in [0.15, 0.2) is 152 Å². The quantitative estimate of drug-likeness (QED) is 0.0430. The number of carbonyl (C=O) groups excluding carboxylic acids is 2. The molecule has 0 radical (unpaired) electrons. The summed E-state index contributed by atoms with van der Waals surface area (Å²) in [5.41, 5.74) is 6.17. The molecule has 0 saturated carbocycles. The van der Waals surface area contributed by atoms with Crippen LogP contribution in [0.5, 0.6) is 0 Å². The number of benzene rings is 4. The van der Waals surface area contributed by atoms with E-state index in [9.17, 15) is 14.7 Å². The number of rotatable bonds is 18. The molecule has 1 heterocycles. The molecule has 0 unspecified atom stereocenters. The average Bonchev–Trinajstić information content (AvgIpc) is 3.17. The van der Waals surface area contributed by atoms with Gasteiger partial charge in [0.05, 0.1) is 48.9 Å². The van der Waals surface area contributed by atoms with E-state index in [-0.39, 0.29) is 31.4 Å². The van der Waals surface area contributed by atoms with Crippen LogP contribution in [0.4, 0.5) is 0 Å². The molecule has 4 aromatic carbocycles. The highest BCUT2D eigenvalue weighted by atomic mass is 32.2. The van der Waals surface area contributed by atoms with Crippen LogP contribution in [0.3, 0.4) is 0 Å². The lowest BCUT2D eigenvalue weighted by Crippen LogP contribution is -2.30. The van der Waals surface area contributed by atoms with Crippen molar-refractivity contribution in [1.82, 2.24) is 15.2 Å². The highest BCUT2D eigenvalue weighted by Crippen LogP contribution is 2.48. The fraction of sp³-hybridized carbons (Fsp3) is 0.233. The van der Waals surface area contributed by atoms with Crippen molar-refractivity contribution < 1.29 is 19.4 Å². The Hall–Kier alpha value is -5.02. The van der Waals surface area contributed by atoms with Crippen LogP contribution < -0.4 is 5.32 Å². The van der Waals surface area contributed by atoms with Crippen molar-refractivity contribution in [2.75, 3.05) is 19.4 Å². The second-order valence-corrected chi connectivity index (χ2v) is 13.5. The van der Waals surface area contributed by atoms with Crippen molar-refractivity contribution in [2.45, 2.75) is 43.3 Å². The van der Waals surface area contributed by atoms with E-state index in [1.165, 1.54) is 23.8 Å². The number of methoxy groups -OCH3 is 1. The molecule has 1 aromatic heterocycles. The van der Waals surface area contributed by atoms with Gasteiger partial charge in [0.2, 0.25) is 5.91 Å². The molecule has 262 valence electrons. The largest absolute Gasteiger partial charge is 0.468 e. The minimum atomic E-state index is -0.902. The minimum Gasteiger partial charge on any atom is -0.468 e. The lowest BCUT2D eigenvalue weighted by Gasteiger charge is -2.35. The van der Waals surface area contributed by atoms with E-state index >= 15 is 0 Å². The second kappa shape index (κ2) is 19.4. The van der Waals surface area contributed by atoms with Crippen molar-refractivity contribution in [2.24, 2.45) is 0 Å². The summed E-state index contributed by atoms with van der Waals surface area (Å²) in [6.45, 7) is 1.37. The third-order valence-electron chi connectivity index (χ3n) is 8.44. The van der Waals surface area contributed by atoms with E-state index in [1.807, 2.05) is 89.5 Å². The van der Waals surface area contributed by atoms with Crippen LogP contribution in [0.25, 0.3) is 0 Å². The number of aliphatic hydroxyl groups excluding tert-OH is 1. The smallest absolute Gasteiger partial charge is 0.319 e. The van der Waals surface area contributed by atoms with E-state index in [2.05, 4.69) is 78.1 Å². The maximum atomic E-state index is 12.7. The number of carbonyl (C=O) groups is 2. The molecular formula is C43H45N3O4S. The molecule has 51 heavy (non-hydrogen) atoms. The summed E-state index contributed by atoms with van der Waals surface area (Å²) in [4.78, 5) is 31.5. The van der Waals surface area contributed by atoms with Crippen LogP contribution in [0, 0.1) is 0 Å². The number of hydrogen-bond donors (Lipinski definition) is 2. The van der Waals surface area contributed by atoms with Crippen LogP contribution in [-0.4, -0.2) is 52.4 Å². The number of ether oxygens (including phenoxy) is 1. The Morgan fingerprint density at radius 2 is 1.33 bits per heavy atom. The van der Waals surface area contributed by atoms with Gasteiger partial charge in [-0.05, 0) is 46.6 Å². The first kappa shape index (κ1) is 37.2. The molecule has 0 saturated heterocycles. The zero-order valence-electron chi connectivity index (χ0n) is 28.9. The molecule has 0 aliphatic rings. The van der Waals surface area contributed by atoms with Crippen molar-refractivity contribution >= 4 is 23.6 Å². The number of esters is 1. The SMILES string of the molecule is COC(=O)CN(Cc1ccccc1)Cc1cccc(CNC(=O)C[C@H](O)/C=C/CCSC(c2ccccc2)(c2ccccc2)c2ccccc2)n1. The Bertz CT molecular complexity index is 1730. The summed E-state index contributed by atoms with van der Waals surface area (Å²) < 4.78 is 4.50. The van der Waals surface area contributed by atoms with Gasteiger partial charge in [-0.2, -0.15) is 0 Å². The number of amides is 1. The number of nitrogens with zero attached hydrogens (tertiary/aromatic N) is 2. The van der Waals surface area contributed by atoms with Gasteiger partial charge in [0.1, 0.15) is 0 Å². The second-order valence-electron chi connectivity index (χ2n) is 12.2. The maximum absolute atomic E-state index is 12.7. The standard InChI is InChI=1S/C43H45N3O4S/c1-50-42(49)33-46(31-34-17-6-2-7-18-34)32-39-26-16-25-38(45-39)30-44-41(48)29-40(47)27-14-15-28-51-43(35-19-8-3-9-20-35,36-21-10-4-11-22-36)37-23-12-5-13-24-37/h2-14,16-27,40,47H,15,28-33H2,1H3,(H,44,48)/b27-14+/t40-/m1/s1. The monoisotopic (exact) mass is 699 g/mol. The summed E-state index contributed by atoms with van der Waals surface area (Å²) in [6.07, 6.45) is 3.44. The Morgan fingerprint density at radius 3 is 1.90 bits per heavy atom. The van der Waals surface area contributed by atoms with Gasteiger partial charge in [-0.15, -0.1) is 11.8 Å². The van der Waals surface area contributed by atoms with Gasteiger partial charge in [-0.25, -0.2) is 0 Å². The molecule has 0 spiro atoms. The molecule has 0 aliphatic heterocycles. The number of pyridine rings is 1. The van der Waals surface area contributed by atoms with Gasteiger partial charge in [0, 0.05) is 13.1 Å². The highest BCUT2D eigenvalue weighted by Gasteiger charge is 2.36. The number of allylic oxidation sites excluding steroid dienone is 1. The lowest BCUT2D eigenvalue weighted by atomic mass is 9.84. The van der Waals surface area contributed by atoms with E-state index in [1.54, 1.807) is 6.08 Å². The first-order valence-corrected chi connectivity index (χ1v) is 18.1. The van der Waals surface area contributed by atoms with E-state index in [0.717, 1.165) is 23.4 Å². The predicted molar refractivity (Wildman–Crippen MR) is 205 cm³/mol. The molecule has 7 nitrogen and oxygen atoms in total. The number of hydrogen-bond acceptors (Lipinski definition) is 7. The molecule has 8 heteroatoms.